The maximum atomic E-state index is 11.3. The number of likely N-dealkylation sites (N-methyl/N-ethyl adjacent to an activating group) is 1. The Morgan fingerprint density at radius 3 is 2.78 bits per heavy atom. The highest BCUT2D eigenvalue weighted by atomic mass is 16.2. The number of carbonyl (C=O) groups excluding carboxylic acids is 2. The average molecular weight is 250 g/mol. The molecule has 6 nitrogen and oxygen atoms in total. The summed E-state index contributed by atoms with van der Waals surface area (Å²) in [6.07, 6.45) is 4.17. The molecule has 0 saturated carbocycles. The summed E-state index contributed by atoms with van der Waals surface area (Å²) in [5, 5.41) is 7.74. The van der Waals surface area contributed by atoms with Gasteiger partial charge in [-0.25, -0.2) is 4.79 Å². The molecule has 0 aliphatic rings. The summed E-state index contributed by atoms with van der Waals surface area (Å²) < 4.78 is 0. The van der Waals surface area contributed by atoms with Gasteiger partial charge in [-0.15, -0.1) is 0 Å². The van der Waals surface area contributed by atoms with E-state index >= 15 is 0 Å². The third-order valence-electron chi connectivity index (χ3n) is 2.21. The highest BCUT2D eigenvalue weighted by molar-refractivity contribution is 5.83. The van der Waals surface area contributed by atoms with Crippen molar-refractivity contribution in [1.82, 2.24) is 20.9 Å². The maximum absolute atomic E-state index is 11.3. The second-order valence-corrected chi connectivity index (χ2v) is 3.67. The lowest BCUT2D eigenvalue weighted by Gasteiger charge is -2.07. The van der Waals surface area contributed by atoms with Crippen molar-refractivity contribution >= 4 is 11.9 Å². The van der Waals surface area contributed by atoms with Crippen LogP contribution >= 0.6 is 0 Å². The van der Waals surface area contributed by atoms with Crippen LogP contribution in [0.2, 0.25) is 0 Å². The third kappa shape index (κ3) is 5.83. The van der Waals surface area contributed by atoms with Gasteiger partial charge in [0.25, 0.3) is 0 Å². The van der Waals surface area contributed by atoms with E-state index in [2.05, 4.69) is 20.9 Å². The van der Waals surface area contributed by atoms with E-state index in [4.69, 9.17) is 0 Å². The van der Waals surface area contributed by atoms with Crippen LogP contribution in [0.1, 0.15) is 12.5 Å². The molecule has 1 heterocycles. The number of hydrogen-bond acceptors (Lipinski definition) is 3. The molecule has 1 aromatic heterocycles. The molecule has 3 amide bonds. The molecular formula is C12H18N4O2. The Bertz CT molecular complexity index is 381. The van der Waals surface area contributed by atoms with Gasteiger partial charge in [0.15, 0.2) is 0 Å². The molecule has 0 saturated heterocycles. The summed E-state index contributed by atoms with van der Waals surface area (Å²) in [6.45, 7) is 2.88. The standard InChI is InChI=1S/C12H18N4O2/c1-2-14-11(17)9-16-12(18)15-7-5-10-4-3-6-13-8-10/h3-4,6,8H,2,5,7,9H2,1H3,(H,14,17)(H2,15,16,18). The molecule has 1 aromatic rings. The van der Waals surface area contributed by atoms with Crippen molar-refractivity contribution in [3.63, 3.8) is 0 Å². The van der Waals surface area contributed by atoms with Crippen LogP contribution < -0.4 is 16.0 Å². The number of pyridine rings is 1. The topological polar surface area (TPSA) is 83.1 Å². The Kier molecular flexibility index (Phi) is 6.24. The van der Waals surface area contributed by atoms with Gasteiger partial charge in [-0.1, -0.05) is 6.07 Å². The van der Waals surface area contributed by atoms with Crippen molar-refractivity contribution < 1.29 is 9.59 Å². The molecule has 0 aliphatic heterocycles. The van der Waals surface area contributed by atoms with Crippen LogP contribution in [0.25, 0.3) is 0 Å². The van der Waals surface area contributed by atoms with Gasteiger partial charge in [0, 0.05) is 25.5 Å². The van der Waals surface area contributed by atoms with E-state index < -0.39 is 0 Å². The Hall–Kier alpha value is -2.11. The number of carbonyl (C=O) groups is 2. The van der Waals surface area contributed by atoms with Crippen molar-refractivity contribution in [2.24, 2.45) is 0 Å². The predicted molar refractivity (Wildman–Crippen MR) is 68.0 cm³/mol. The molecule has 0 aliphatic carbocycles. The lowest BCUT2D eigenvalue weighted by molar-refractivity contribution is -0.119. The van der Waals surface area contributed by atoms with Crippen LogP contribution in [0.4, 0.5) is 4.79 Å². The summed E-state index contributed by atoms with van der Waals surface area (Å²) in [4.78, 5) is 26.4. The normalized spacial score (nSPS) is 9.61. The fraction of sp³-hybridized carbons (Fsp3) is 0.417. The molecule has 0 radical (unpaired) electrons. The van der Waals surface area contributed by atoms with Crippen molar-refractivity contribution in [3.8, 4) is 0 Å². The van der Waals surface area contributed by atoms with E-state index in [1.54, 1.807) is 12.4 Å². The minimum absolute atomic E-state index is 0.00738. The van der Waals surface area contributed by atoms with Crippen LogP contribution in [-0.4, -0.2) is 36.6 Å². The van der Waals surface area contributed by atoms with Crippen molar-refractivity contribution in [3.05, 3.63) is 30.1 Å². The van der Waals surface area contributed by atoms with Crippen LogP contribution in [0.15, 0.2) is 24.5 Å². The second kappa shape index (κ2) is 8.05. The Labute approximate surface area is 106 Å². The average Bonchev–Trinajstić information content (AvgIpc) is 2.38. The van der Waals surface area contributed by atoms with Crippen LogP contribution in [0, 0.1) is 0 Å². The van der Waals surface area contributed by atoms with Crippen LogP contribution in [0.3, 0.4) is 0 Å². The van der Waals surface area contributed by atoms with E-state index in [1.165, 1.54) is 0 Å². The second-order valence-electron chi connectivity index (χ2n) is 3.67. The molecule has 6 heteroatoms. The summed E-state index contributed by atoms with van der Waals surface area (Å²) in [6, 6.07) is 3.45. The molecule has 0 atom stereocenters. The minimum Gasteiger partial charge on any atom is -0.355 e. The number of urea groups is 1. The van der Waals surface area contributed by atoms with E-state index in [0.29, 0.717) is 19.5 Å². The Morgan fingerprint density at radius 2 is 2.11 bits per heavy atom. The van der Waals surface area contributed by atoms with Gasteiger partial charge in [0.05, 0.1) is 6.54 Å². The first kappa shape index (κ1) is 14.0. The quantitative estimate of drug-likeness (QED) is 0.667. The molecule has 3 N–H and O–H groups in total. The molecule has 0 aromatic carbocycles. The van der Waals surface area contributed by atoms with Crippen molar-refractivity contribution in [1.29, 1.82) is 0 Å². The van der Waals surface area contributed by atoms with Gasteiger partial charge >= 0.3 is 6.03 Å². The van der Waals surface area contributed by atoms with E-state index in [0.717, 1.165) is 5.56 Å². The highest BCUT2D eigenvalue weighted by Gasteiger charge is 2.03. The maximum Gasteiger partial charge on any atom is 0.315 e. The molecule has 0 bridgehead atoms. The lowest BCUT2D eigenvalue weighted by atomic mass is 10.2. The molecule has 18 heavy (non-hydrogen) atoms. The Morgan fingerprint density at radius 1 is 1.28 bits per heavy atom. The largest absolute Gasteiger partial charge is 0.355 e. The first-order chi connectivity index (χ1) is 8.72. The summed E-state index contributed by atoms with van der Waals surface area (Å²) in [5.74, 6) is -0.195. The van der Waals surface area contributed by atoms with Crippen molar-refractivity contribution in [2.75, 3.05) is 19.6 Å². The molecule has 98 valence electrons. The van der Waals surface area contributed by atoms with Crippen molar-refractivity contribution in [2.45, 2.75) is 13.3 Å². The number of nitrogens with one attached hydrogen (secondary N) is 3. The molecule has 0 spiro atoms. The van der Waals surface area contributed by atoms with Crippen LogP contribution in [-0.2, 0) is 11.2 Å². The summed E-state index contributed by atoms with van der Waals surface area (Å²) >= 11 is 0. The third-order valence-corrected chi connectivity index (χ3v) is 2.21. The zero-order chi connectivity index (χ0) is 13.2. The number of aromatic nitrogens is 1. The fourth-order valence-electron chi connectivity index (χ4n) is 1.35. The van der Waals surface area contributed by atoms with E-state index in [1.807, 2.05) is 19.1 Å². The lowest BCUT2D eigenvalue weighted by Crippen LogP contribution is -2.42. The Balaban J connectivity index is 2.12. The molecule has 0 unspecified atom stereocenters. The molecule has 1 rings (SSSR count). The van der Waals surface area contributed by atoms with Gasteiger partial charge < -0.3 is 16.0 Å². The summed E-state index contributed by atoms with van der Waals surface area (Å²) in [5.41, 5.74) is 1.06. The highest BCUT2D eigenvalue weighted by Crippen LogP contribution is 1.94. The van der Waals surface area contributed by atoms with Gasteiger partial charge in [0.2, 0.25) is 5.91 Å². The smallest absolute Gasteiger partial charge is 0.315 e. The number of rotatable bonds is 6. The minimum atomic E-state index is -0.342. The van der Waals surface area contributed by atoms with Gasteiger partial charge in [0.1, 0.15) is 0 Å². The van der Waals surface area contributed by atoms with Gasteiger partial charge in [-0.05, 0) is 25.0 Å². The zero-order valence-corrected chi connectivity index (χ0v) is 10.4. The number of hydrogen-bond donors (Lipinski definition) is 3. The predicted octanol–water partition coefficient (Wildman–Crippen LogP) is 0.0594. The van der Waals surface area contributed by atoms with E-state index in [-0.39, 0.29) is 18.5 Å². The monoisotopic (exact) mass is 250 g/mol. The van der Waals surface area contributed by atoms with Crippen LogP contribution in [0.5, 0.6) is 0 Å². The SMILES string of the molecule is CCNC(=O)CNC(=O)NCCc1cccnc1. The van der Waals surface area contributed by atoms with E-state index in [9.17, 15) is 9.59 Å². The first-order valence-corrected chi connectivity index (χ1v) is 5.89. The molecule has 0 fully saturated rings. The van der Waals surface area contributed by atoms with Gasteiger partial charge in [-0.2, -0.15) is 0 Å². The van der Waals surface area contributed by atoms with Gasteiger partial charge in [-0.3, -0.25) is 9.78 Å². The number of nitrogens with zero attached hydrogens (tertiary/aromatic N) is 1. The number of amides is 3. The summed E-state index contributed by atoms with van der Waals surface area (Å²) in [7, 11) is 0. The first-order valence-electron chi connectivity index (χ1n) is 5.89. The zero-order valence-electron chi connectivity index (χ0n) is 10.4. The molecular weight excluding hydrogens is 232 g/mol. The fourth-order valence-corrected chi connectivity index (χ4v) is 1.35.